The van der Waals surface area contributed by atoms with Crippen molar-refractivity contribution in [2.45, 2.75) is 19.5 Å². The molecule has 4 heterocycles. The number of aliphatic imine (C=N–C) groups is 2. The maximum absolute atomic E-state index is 6.23. The van der Waals surface area contributed by atoms with Crippen LogP contribution < -0.4 is 0 Å². The fourth-order valence-corrected chi connectivity index (χ4v) is 5.97. The van der Waals surface area contributed by atoms with Crippen molar-refractivity contribution in [3.8, 4) is 5.69 Å². The number of hydrogen-bond donors (Lipinski definition) is 0. The number of thioether (sulfide) groups is 1. The molecular weight excluding hydrogens is 523 g/mol. The Kier molecular flexibility index (Phi) is 7.65. The van der Waals surface area contributed by atoms with E-state index in [1.54, 1.807) is 0 Å². The van der Waals surface area contributed by atoms with Gasteiger partial charge in [-0.2, -0.15) is 0 Å². The summed E-state index contributed by atoms with van der Waals surface area (Å²) >= 11 is 8.12. The normalized spacial score (nSPS) is 17.2. The highest BCUT2D eigenvalue weighted by Crippen LogP contribution is 2.32. The van der Waals surface area contributed by atoms with Crippen molar-refractivity contribution in [2.24, 2.45) is 9.98 Å². The third-order valence-electron chi connectivity index (χ3n) is 6.48. The lowest BCUT2D eigenvalue weighted by Gasteiger charge is -2.12. The third-order valence-corrected chi connectivity index (χ3v) is 7.72. The van der Waals surface area contributed by atoms with Gasteiger partial charge in [0.15, 0.2) is 11.0 Å². The highest BCUT2D eigenvalue weighted by atomic mass is 35.5. The first-order valence-electron chi connectivity index (χ1n) is 12.0. The molecule has 9 heteroatoms. The van der Waals surface area contributed by atoms with E-state index in [-0.39, 0.29) is 12.4 Å². The zero-order valence-electron chi connectivity index (χ0n) is 20.3. The third kappa shape index (κ3) is 5.17. The zero-order valence-corrected chi connectivity index (χ0v) is 22.7. The largest absolute Gasteiger partial charge is 0.348 e. The quantitative estimate of drug-likeness (QED) is 0.301. The molecule has 0 radical (unpaired) electrons. The van der Waals surface area contributed by atoms with Crippen LogP contribution in [0.2, 0.25) is 5.02 Å². The zero-order chi connectivity index (χ0) is 24.5. The van der Waals surface area contributed by atoms with E-state index in [2.05, 4.69) is 57.6 Å². The molecule has 0 saturated carbocycles. The lowest BCUT2D eigenvalue weighted by Crippen LogP contribution is -2.21. The molecule has 37 heavy (non-hydrogen) atoms. The van der Waals surface area contributed by atoms with Crippen LogP contribution in [0.3, 0.4) is 0 Å². The van der Waals surface area contributed by atoms with Crippen LogP contribution in [0.5, 0.6) is 0 Å². The SMILES string of the molecule is Cc1nnc2n1-c1ccc(Cl)cc1C(c1ccccc1)=NC2.Cl.c1ccc(C2CN3CCSC3=N2)cc1. The first kappa shape index (κ1) is 25.5. The van der Waals surface area contributed by atoms with E-state index < -0.39 is 0 Å². The maximum Gasteiger partial charge on any atom is 0.160 e. The summed E-state index contributed by atoms with van der Waals surface area (Å²) in [4.78, 5) is 11.9. The number of fused-ring (bicyclic) bond motifs is 4. The predicted molar refractivity (Wildman–Crippen MR) is 155 cm³/mol. The Morgan fingerprint density at radius 3 is 2.46 bits per heavy atom. The van der Waals surface area contributed by atoms with Crippen molar-refractivity contribution in [3.63, 3.8) is 0 Å². The summed E-state index contributed by atoms with van der Waals surface area (Å²) in [6.45, 7) is 4.69. The van der Waals surface area contributed by atoms with Crippen LogP contribution in [0, 0.1) is 6.92 Å². The minimum atomic E-state index is 0. The lowest BCUT2D eigenvalue weighted by molar-refractivity contribution is 0.464. The number of aryl methyl sites for hydroxylation is 1. The summed E-state index contributed by atoms with van der Waals surface area (Å²) in [6, 6.07) is 26.9. The molecule has 7 rings (SSSR count). The molecule has 0 spiro atoms. The Hall–Kier alpha value is -3.13. The molecule has 188 valence electrons. The van der Waals surface area contributed by atoms with E-state index in [1.165, 1.54) is 23.0 Å². The van der Waals surface area contributed by atoms with Gasteiger partial charge in [0.25, 0.3) is 0 Å². The van der Waals surface area contributed by atoms with Crippen LogP contribution in [0.25, 0.3) is 5.69 Å². The number of rotatable bonds is 2. The summed E-state index contributed by atoms with van der Waals surface area (Å²) in [5, 5.41) is 10.3. The Balaban J connectivity index is 0.000000161. The second-order valence-corrected chi connectivity index (χ2v) is 10.3. The predicted octanol–water partition coefficient (Wildman–Crippen LogP) is 6.15. The fourth-order valence-electron chi connectivity index (χ4n) is 4.75. The van der Waals surface area contributed by atoms with Gasteiger partial charge in [-0.25, -0.2) is 0 Å². The van der Waals surface area contributed by atoms with Gasteiger partial charge in [-0.3, -0.25) is 14.6 Å². The Labute approximate surface area is 231 Å². The maximum atomic E-state index is 6.23. The second-order valence-electron chi connectivity index (χ2n) is 8.82. The molecule has 1 saturated heterocycles. The highest BCUT2D eigenvalue weighted by molar-refractivity contribution is 8.14. The van der Waals surface area contributed by atoms with Crippen molar-refractivity contribution in [2.75, 3.05) is 18.8 Å². The summed E-state index contributed by atoms with van der Waals surface area (Å²) in [5.41, 5.74) is 5.36. The van der Waals surface area contributed by atoms with Crippen molar-refractivity contribution in [1.29, 1.82) is 0 Å². The molecule has 0 amide bonds. The molecule has 0 bridgehead atoms. The number of hydrogen-bond acceptors (Lipinski definition) is 6. The van der Waals surface area contributed by atoms with E-state index in [0.717, 1.165) is 40.7 Å². The molecule has 3 aromatic carbocycles. The van der Waals surface area contributed by atoms with Gasteiger partial charge in [0.05, 0.1) is 17.4 Å². The van der Waals surface area contributed by atoms with E-state index in [9.17, 15) is 0 Å². The first-order chi connectivity index (χ1) is 17.7. The molecular formula is C28H26Cl2N6S. The van der Waals surface area contributed by atoms with Gasteiger partial charge in [0.1, 0.15) is 12.4 Å². The number of nitrogens with zero attached hydrogens (tertiary/aromatic N) is 6. The standard InChI is InChI=1S/C17H13ClN4.C11H12N2S.ClH/c1-11-20-21-16-10-19-17(12-5-3-2-4-6-12)14-9-13(18)7-8-15(14)22(11)16;1-2-4-9(5-3-1)10-8-13-6-7-14-11(13)12-10;/h2-9H,10H2,1H3;1-5,10H,6-8H2;1H. The molecule has 1 atom stereocenters. The van der Waals surface area contributed by atoms with Gasteiger partial charge in [-0.1, -0.05) is 84.0 Å². The monoisotopic (exact) mass is 548 g/mol. The minimum absolute atomic E-state index is 0. The summed E-state index contributed by atoms with van der Waals surface area (Å²) in [5.74, 6) is 2.90. The molecule has 3 aliphatic rings. The van der Waals surface area contributed by atoms with E-state index in [4.69, 9.17) is 21.6 Å². The number of halogens is 2. The Morgan fingerprint density at radius 2 is 1.70 bits per heavy atom. The molecule has 1 fully saturated rings. The van der Waals surface area contributed by atoms with Crippen LogP contribution in [-0.2, 0) is 6.54 Å². The smallest absolute Gasteiger partial charge is 0.160 e. The van der Waals surface area contributed by atoms with Gasteiger partial charge in [0.2, 0.25) is 0 Å². The highest BCUT2D eigenvalue weighted by Gasteiger charge is 2.29. The second kappa shape index (κ2) is 11.1. The van der Waals surface area contributed by atoms with Crippen molar-refractivity contribution in [3.05, 3.63) is 112 Å². The molecule has 1 unspecified atom stereocenters. The first-order valence-corrected chi connectivity index (χ1v) is 13.4. The number of amidine groups is 1. The fraction of sp³-hybridized carbons (Fsp3) is 0.214. The van der Waals surface area contributed by atoms with Gasteiger partial charge in [0, 0.05) is 35.0 Å². The molecule has 4 aromatic rings. The van der Waals surface area contributed by atoms with Crippen LogP contribution in [0.15, 0.2) is 88.8 Å². The average molecular weight is 550 g/mol. The van der Waals surface area contributed by atoms with Crippen molar-refractivity contribution in [1.82, 2.24) is 19.7 Å². The Morgan fingerprint density at radius 1 is 0.946 bits per heavy atom. The van der Waals surface area contributed by atoms with Crippen LogP contribution in [-0.4, -0.2) is 49.4 Å². The van der Waals surface area contributed by atoms with E-state index in [0.29, 0.717) is 17.6 Å². The van der Waals surface area contributed by atoms with Gasteiger partial charge < -0.3 is 4.90 Å². The molecule has 0 aliphatic carbocycles. The van der Waals surface area contributed by atoms with Crippen molar-refractivity contribution < 1.29 is 0 Å². The van der Waals surface area contributed by atoms with E-state index in [1.807, 2.05) is 59.7 Å². The van der Waals surface area contributed by atoms with Gasteiger partial charge in [-0.15, -0.1) is 22.6 Å². The molecule has 6 nitrogen and oxygen atoms in total. The van der Waals surface area contributed by atoms with Crippen LogP contribution in [0.1, 0.15) is 34.4 Å². The summed E-state index contributed by atoms with van der Waals surface area (Å²) in [6.07, 6.45) is 0. The molecule has 1 aromatic heterocycles. The minimum Gasteiger partial charge on any atom is -0.348 e. The summed E-state index contributed by atoms with van der Waals surface area (Å²) in [7, 11) is 0. The van der Waals surface area contributed by atoms with E-state index >= 15 is 0 Å². The van der Waals surface area contributed by atoms with Crippen LogP contribution >= 0.6 is 35.8 Å². The van der Waals surface area contributed by atoms with Gasteiger partial charge >= 0.3 is 0 Å². The Bertz CT molecular complexity index is 1450. The van der Waals surface area contributed by atoms with Gasteiger partial charge in [-0.05, 0) is 30.7 Å². The average Bonchev–Trinajstić information content (AvgIpc) is 3.59. The number of aromatic nitrogens is 3. The van der Waals surface area contributed by atoms with Crippen LogP contribution in [0.4, 0.5) is 0 Å². The molecule has 0 N–H and O–H groups in total. The molecule has 3 aliphatic heterocycles. The topological polar surface area (TPSA) is 58.7 Å². The summed E-state index contributed by atoms with van der Waals surface area (Å²) < 4.78 is 2.05. The lowest BCUT2D eigenvalue weighted by atomic mass is 10.0. The number of benzene rings is 3. The van der Waals surface area contributed by atoms with Crippen molar-refractivity contribution >= 4 is 46.6 Å².